The van der Waals surface area contributed by atoms with Crippen molar-refractivity contribution in [2.24, 2.45) is 5.84 Å². The van der Waals surface area contributed by atoms with Crippen molar-refractivity contribution in [2.75, 3.05) is 10.7 Å². The molecule has 1 aromatic heterocycles. The van der Waals surface area contributed by atoms with Gasteiger partial charge in [-0.05, 0) is 31.5 Å². The summed E-state index contributed by atoms with van der Waals surface area (Å²) in [7, 11) is 0. The number of hydrazine groups is 1. The van der Waals surface area contributed by atoms with Gasteiger partial charge >= 0.3 is 6.18 Å². The third-order valence-electron chi connectivity index (χ3n) is 2.92. The number of aromatic nitrogens is 2. The van der Waals surface area contributed by atoms with Gasteiger partial charge in [0.15, 0.2) is 0 Å². The first-order valence-corrected chi connectivity index (χ1v) is 6.06. The molecule has 112 valence electrons. The summed E-state index contributed by atoms with van der Waals surface area (Å²) < 4.78 is 38.3. The molecule has 0 fully saturated rings. The second kappa shape index (κ2) is 5.57. The lowest BCUT2D eigenvalue weighted by Crippen LogP contribution is -2.12. The quantitative estimate of drug-likeness (QED) is 0.599. The Labute approximate surface area is 119 Å². The second-order valence-corrected chi connectivity index (χ2v) is 4.52. The van der Waals surface area contributed by atoms with Crippen LogP contribution in [-0.2, 0) is 6.18 Å². The molecule has 2 rings (SSSR count). The van der Waals surface area contributed by atoms with E-state index in [1.807, 2.05) is 0 Å². The molecule has 8 heteroatoms. The van der Waals surface area contributed by atoms with Crippen LogP contribution in [0.1, 0.15) is 16.7 Å². The van der Waals surface area contributed by atoms with Crippen molar-refractivity contribution in [3.63, 3.8) is 0 Å². The summed E-state index contributed by atoms with van der Waals surface area (Å²) in [4.78, 5) is 7.99. The van der Waals surface area contributed by atoms with E-state index >= 15 is 0 Å². The van der Waals surface area contributed by atoms with Gasteiger partial charge in [-0.1, -0.05) is 6.07 Å². The molecule has 1 heterocycles. The molecule has 0 radical (unpaired) electrons. The molecule has 0 atom stereocenters. The number of hydrogen-bond donors (Lipinski definition) is 3. The van der Waals surface area contributed by atoms with E-state index in [1.54, 1.807) is 13.8 Å². The summed E-state index contributed by atoms with van der Waals surface area (Å²) in [6.45, 7) is 3.45. The summed E-state index contributed by atoms with van der Waals surface area (Å²) in [6.07, 6.45) is -2.87. The van der Waals surface area contributed by atoms with Crippen molar-refractivity contribution in [1.29, 1.82) is 0 Å². The van der Waals surface area contributed by atoms with E-state index in [1.165, 1.54) is 12.3 Å². The number of nitrogens with two attached hydrogens (primary N) is 1. The summed E-state index contributed by atoms with van der Waals surface area (Å²) in [5.74, 6) is 5.78. The summed E-state index contributed by atoms with van der Waals surface area (Å²) in [5.41, 5.74) is 3.25. The highest BCUT2D eigenvalue weighted by atomic mass is 19.4. The maximum absolute atomic E-state index is 12.8. The number of halogens is 3. The lowest BCUT2D eigenvalue weighted by molar-refractivity contribution is -0.137. The van der Waals surface area contributed by atoms with Gasteiger partial charge in [-0.3, -0.25) is 5.43 Å². The van der Waals surface area contributed by atoms with Gasteiger partial charge in [-0.2, -0.15) is 18.2 Å². The van der Waals surface area contributed by atoms with Crippen LogP contribution in [-0.4, -0.2) is 9.97 Å². The predicted molar refractivity (Wildman–Crippen MR) is 74.0 cm³/mol. The fourth-order valence-corrected chi connectivity index (χ4v) is 1.70. The number of hydrogen-bond acceptors (Lipinski definition) is 5. The minimum absolute atomic E-state index is 0.174. The average Bonchev–Trinajstić information content (AvgIpc) is 2.42. The first-order valence-electron chi connectivity index (χ1n) is 6.06. The van der Waals surface area contributed by atoms with Crippen LogP contribution >= 0.6 is 0 Å². The second-order valence-electron chi connectivity index (χ2n) is 4.52. The first kappa shape index (κ1) is 15.0. The third kappa shape index (κ3) is 3.40. The predicted octanol–water partition coefficient (Wildman–Crippen LogP) is 3.14. The number of anilines is 3. The Balaban J connectivity index is 2.39. The summed E-state index contributed by atoms with van der Waals surface area (Å²) >= 11 is 0. The lowest BCUT2D eigenvalue weighted by Gasteiger charge is -2.14. The number of nitrogens with zero attached hydrogens (tertiary/aromatic N) is 2. The Bertz CT molecular complexity index is 655. The third-order valence-corrected chi connectivity index (χ3v) is 2.92. The van der Waals surface area contributed by atoms with Gasteiger partial charge < -0.3 is 5.32 Å². The zero-order valence-corrected chi connectivity index (χ0v) is 11.4. The minimum Gasteiger partial charge on any atom is -0.340 e. The summed E-state index contributed by atoms with van der Waals surface area (Å²) in [6, 6.07) is 3.50. The molecule has 0 aliphatic heterocycles. The lowest BCUT2D eigenvalue weighted by atomic mass is 10.1. The Morgan fingerprint density at radius 3 is 2.48 bits per heavy atom. The van der Waals surface area contributed by atoms with Crippen LogP contribution in [0.25, 0.3) is 0 Å². The van der Waals surface area contributed by atoms with Gasteiger partial charge in [0.25, 0.3) is 0 Å². The van der Waals surface area contributed by atoms with Crippen LogP contribution in [0, 0.1) is 13.8 Å². The van der Waals surface area contributed by atoms with Gasteiger partial charge in [0.2, 0.25) is 5.95 Å². The molecule has 0 amide bonds. The van der Waals surface area contributed by atoms with Gasteiger partial charge in [0, 0.05) is 17.4 Å². The van der Waals surface area contributed by atoms with Crippen LogP contribution in [0.2, 0.25) is 0 Å². The number of alkyl halides is 3. The van der Waals surface area contributed by atoms with E-state index in [2.05, 4.69) is 20.7 Å². The van der Waals surface area contributed by atoms with E-state index in [4.69, 9.17) is 5.84 Å². The molecule has 4 N–H and O–H groups in total. The van der Waals surface area contributed by atoms with E-state index in [0.29, 0.717) is 22.6 Å². The highest BCUT2D eigenvalue weighted by Crippen LogP contribution is 2.33. The molecule has 0 unspecified atom stereocenters. The fraction of sp³-hybridized carbons (Fsp3) is 0.231. The van der Waals surface area contributed by atoms with Crippen LogP contribution in [0.3, 0.4) is 0 Å². The molecule has 1 aromatic carbocycles. The van der Waals surface area contributed by atoms with E-state index in [9.17, 15) is 13.2 Å². The van der Waals surface area contributed by atoms with Crippen LogP contribution in [0.4, 0.5) is 30.6 Å². The van der Waals surface area contributed by atoms with Crippen molar-refractivity contribution >= 4 is 17.5 Å². The number of aryl methyl sites for hydroxylation is 2. The molecule has 0 spiro atoms. The average molecular weight is 297 g/mol. The number of nitrogen functional groups attached to an aromatic ring is 1. The maximum Gasteiger partial charge on any atom is 0.416 e. The van der Waals surface area contributed by atoms with E-state index in [0.717, 1.165) is 12.1 Å². The Morgan fingerprint density at radius 2 is 1.86 bits per heavy atom. The molecule has 0 saturated carbocycles. The summed E-state index contributed by atoms with van der Waals surface area (Å²) in [5, 5.41) is 2.88. The Kier molecular flexibility index (Phi) is 3.99. The van der Waals surface area contributed by atoms with Crippen molar-refractivity contribution in [3.05, 3.63) is 41.1 Å². The minimum atomic E-state index is -4.39. The zero-order chi connectivity index (χ0) is 15.6. The Hall–Kier alpha value is -2.35. The SMILES string of the molecule is Cc1ccc(C(F)(F)F)cc1Nc1nc(NN)ncc1C. The highest BCUT2D eigenvalue weighted by Gasteiger charge is 2.30. The first-order chi connectivity index (χ1) is 9.81. The molecule has 0 bridgehead atoms. The van der Waals surface area contributed by atoms with Crippen LogP contribution in [0.15, 0.2) is 24.4 Å². The molecule has 0 saturated heterocycles. The molecular formula is C13H14F3N5. The molecule has 0 aliphatic rings. The topological polar surface area (TPSA) is 75.9 Å². The van der Waals surface area contributed by atoms with Crippen molar-refractivity contribution in [1.82, 2.24) is 9.97 Å². The smallest absolute Gasteiger partial charge is 0.340 e. The highest BCUT2D eigenvalue weighted by molar-refractivity contribution is 5.64. The number of rotatable bonds is 3. The van der Waals surface area contributed by atoms with Crippen LogP contribution in [0.5, 0.6) is 0 Å². The molecule has 0 aliphatic carbocycles. The fourth-order valence-electron chi connectivity index (χ4n) is 1.70. The van der Waals surface area contributed by atoms with E-state index in [-0.39, 0.29) is 5.95 Å². The van der Waals surface area contributed by atoms with Gasteiger partial charge in [0.05, 0.1) is 5.56 Å². The largest absolute Gasteiger partial charge is 0.416 e. The van der Waals surface area contributed by atoms with Gasteiger partial charge in [0.1, 0.15) is 5.82 Å². The standard InChI is InChI=1S/C13H14F3N5/c1-7-3-4-9(13(14,15)16)5-10(7)19-11-8(2)6-18-12(20-11)21-17/h3-6H,17H2,1-2H3,(H2,18,19,20,21). The van der Waals surface area contributed by atoms with Crippen molar-refractivity contribution < 1.29 is 13.2 Å². The monoisotopic (exact) mass is 297 g/mol. The number of nitrogens with one attached hydrogen (secondary N) is 2. The van der Waals surface area contributed by atoms with Gasteiger partial charge in [-0.15, -0.1) is 0 Å². The molecule has 21 heavy (non-hydrogen) atoms. The van der Waals surface area contributed by atoms with Crippen molar-refractivity contribution in [3.8, 4) is 0 Å². The zero-order valence-electron chi connectivity index (χ0n) is 11.4. The Morgan fingerprint density at radius 1 is 1.14 bits per heavy atom. The molecule has 5 nitrogen and oxygen atoms in total. The molecular weight excluding hydrogens is 283 g/mol. The number of benzene rings is 1. The van der Waals surface area contributed by atoms with E-state index < -0.39 is 11.7 Å². The van der Waals surface area contributed by atoms with Gasteiger partial charge in [-0.25, -0.2) is 10.8 Å². The normalized spacial score (nSPS) is 11.3. The van der Waals surface area contributed by atoms with Crippen molar-refractivity contribution in [2.45, 2.75) is 20.0 Å². The molecule has 2 aromatic rings. The maximum atomic E-state index is 12.8. The van der Waals surface area contributed by atoms with Crippen LogP contribution < -0.4 is 16.6 Å².